The normalized spacial score (nSPS) is 17.4. The number of hydrogen-bond donors (Lipinski definition) is 0. The van der Waals surface area contributed by atoms with Gasteiger partial charge in [-0.2, -0.15) is 0 Å². The molecule has 3 aromatic rings. The molecule has 0 unspecified atom stereocenters. The molecule has 0 radical (unpaired) electrons. The average Bonchev–Trinajstić information content (AvgIpc) is 2.94. The maximum absolute atomic E-state index is 6.25. The van der Waals surface area contributed by atoms with Crippen LogP contribution in [0.4, 0.5) is 0 Å². The largest absolute Gasteiger partial charge is 0.495 e. The van der Waals surface area contributed by atoms with Crippen molar-refractivity contribution in [1.82, 2.24) is 15.0 Å². The molecule has 4 rings (SSSR count). The molecule has 148 valence electrons. The van der Waals surface area contributed by atoms with Gasteiger partial charge >= 0.3 is 7.12 Å². The van der Waals surface area contributed by atoms with Crippen LogP contribution in [0.5, 0.6) is 0 Å². The number of thioether (sulfide) groups is 1. The highest BCUT2D eigenvalue weighted by atomic mass is 32.2. The molecule has 3 heterocycles. The standard InChI is InChI=1S/C22H24BN3O2S/c1-21(2)22(3,4)28-23(27-21)18-10-6-5-8-17(18)15-29-20-25-13-11-19(26-20)16-9-7-12-24-14-16/h5-14H,15H2,1-4H3. The van der Waals surface area contributed by atoms with Crippen molar-refractivity contribution < 1.29 is 9.31 Å². The molecule has 7 heteroatoms. The summed E-state index contributed by atoms with van der Waals surface area (Å²) in [5, 5.41) is 0.732. The Bertz CT molecular complexity index is 982. The van der Waals surface area contributed by atoms with Crippen LogP contribution < -0.4 is 5.46 Å². The Morgan fingerprint density at radius 1 is 0.931 bits per heavy atom. The molecule has 0 bridgehead atoms. The predicted molar refractivity (Wildman–Crippen MR) is 117 cm³/mol. The average molecular weight is 405 g/mol. The first-order valence-electron chi connectivity index (χ1n) is 9.65. The van der Waals surface area contributed by atoms with Crippen molar-refractivity contribution in [2.24, 2.45) is 0 Å². The minimum absolute atomic E-state index is 0.362. The predicted octanol–water partition coefficient (Wildman–Crippen LogP) is 4.13. The first-order chi connectivity index (χ1) is 13.9. The lowest BCUT2D eigenvalue weighted by atomic mass is 9.76. The molecule has 0 saturated carbocycles. The summed E-state index contributed by atoms with van der Waals surface area (Å²) in [6.07, 6.45) is 5.36. The summed E-state index contributed by atoms with van der Waals surface area (Å²) in [5.41, 5.74) is 3.34. The summed E-state index contributed by atoms with van der Waals surface area (Å²) < 4.78 is 12.5. The summed E-state index contributed by atoms with van der Waals surface area (Å²) in [6, 6.07) is 14.1. The number of hydrogen-bond acceptors (Lipinski definition) is 6. The van der Waals surface area contributed by atoms with Crippen LogP contribution in [0.3, 0.4) is 0 Å². The van der Waals surface area contributed by atoms with Crippen molar-refractivity contribution in [1.29, 1.82) is 0 Å². The van der Waals surface area contributed by atoms with E-state index >= 15 is 0 Å². The van der Waals surface area contributed by atoms with E-state index in [1.807, 2.05) is 36.5 Å². The molecule has 1 aliphatic heterocycles. The van der Waals surface area contributed by atoms with Gasteiger partial charge in [0.1, 0.15) is 0 Å². The summed E-state index contributed by atoms with van der Waals surface area (Å²) in [4.78, 5) is 13.3. The first-order valence-corrected chi connectivity index (χ1v) is 10.6. The lowest BCUT2D eigenvalue weighted by molar-refractivity contribution is 0.00578. The Morgan fingerprint density at radius 3 is 2.41 bits per heavy atom. The van der Waals surface area contributed by atoms with Crippen molar-refractivity contribution in [3.05, 3.63) is 66.6 Å². The molecular formula is C22H24BN3O2S. The summed E-state index contributed by atoms with van der Waals surface area (Å²) in [6.45, 7) is 8.29. The Balaban J connectivity index is 1.52. The Hall–Kier alpha value is -2.22. The minimum atomic E-state index is -0.376. The summed E-state index contributed by atoms with van der Waals surface area (Å²) >= 11 is 1.60. The maximum Gasteiger partial charge on any atom is 0.495 e. The van der Waals surface area contributed by atoms with Gasteiger partial charge in [0, 0.05) is 29.9 Å². The first kappa shape index (κ1) is 20.1. The van der Waals surface area contributed by atoms with Crippen LogP contribution in [0.15, 0.2) is 66.2 Å². The molecule has 5 nitrogen and oxygen atoms in total. The van der Waals surface area contributed by atoms with Crippen LogP contribution in [0.1, 0.15) is 33.3 Å². The Labute approximate surface area is 176 Å². The topological polar surface area (TPSA) is 57.1 Å². The van der Waals surface area contributed by atoms with Gasteiger partial charge in [-0.3, -0.25) is 4.98 Å². The molecule has 1 aromatic carbocycles. The van der Waals surface area contributed by atoms with E-state index < -0.39 is 0 Å². The number of aromatic nitrogens is 3. The van der Waals surface area contributed by atoms with E-state index in [4.69, 9.17) is 9.31 Å². The van der Waals surface area contributed by atoms with Gasteiger partial charge in [-0.25, -0.2) is 9.97 Å². The summed E-state index contributed by atoms with van der Waals surface area (Å²) in [5.74, 6) is 0.733. The van der Waals surface area contributed by atoms with Crippen molar-refractivity contribution >= 4 is 24.3 Å². The van der Waals surface area contributed by atoms with Crippen LogP contribution in [-0.4, -0.2) is 33.3 Å². The van der Waals surface area contributed by atoms with Gasteiger partial charge in [0.05, 0.1) is 16.9 Å². The monoisotopic (exact) mass is 405 g/mol. The van der Waals surface area contributed by atoms with Crippen LogP contribution in [0, 0.1) is 0 Å². The fourth-order valence-corrected chi connectivity index (χ4v) is 3.94. The highest BCUT2D eigenvalue weighted by Crippen LogP contribution is 2.37. The molecule has 0 amide bonds. The lowest BCUT2D eigenvalue weighted by Gasteiger charge is -2.32. The molecule has 1 fully saturated rings. The molecule has 0 atom stereocenters. The zero-order chi connectivity index (χ0) is 20.5. The van der Waals surface area contributed by atoms with E-state index in [1.165, 1.54) is 0 Å². The molecule has 29 heavy (non-hydrogen) atoms. The van der Waals surface area contributed by atoms with Crippen molar-refractivity contribution in [2.45, 2.75) is 49.8 Å². The van der Waals surface area contributed by atoms with E-state index in [-0.39, 0.29) is 18.3 Å². The number of nitrogens with zero attached hydrogens (tertiary/aromatic N) is 3. The van der Waals surface area contributed by atoms with Crippen molar-refractivity contribution in [3.8, 4) is 11.3 Å². The van der Waals surface area contributed by atoms with Crippen LogP contribution >= 0.6 is 11.8 Å². The highest BCUT2D eigenvalue weighted by Gasteiger charge is 2.52. The van der Waals surface area contributed by atoms with Crippen molar-refractivity contribution in [3.63, 3.8) is 0 Å². The highest BCUT2D eigenvalue weighted by molar-refractivity contribution is 7.98. The third kappa shape index (κ3) is 4.22. The molecule has 2 aromatic heterocycles. The Kier molecular flexibility index (Phi) is 5.47. The number of benzene rings is 1. The second-order valence-electron chi connectivity index (χ2n) is 8.04. The summed E-state index contributed by atoms with van der Waals surface area (Å²) in [7, 11) is -0.376. The molecule has 0 spiro atoms. The zero-order valence-electron chi connectivity index (χ0n) is 17.1. The second kappa shape index (κ2) is 7.90. The van der Waals surface area contributed by atoms with E-state index in [1.54, 1.807) is 24.2 Å². The maximum atomic E-state index is 6.25. The van der Waals surface area contributed by atoms with Crippen LogP contribution in [-0.2, 0) is 15.1 Å². The number of pyridine rings is 1. The smallest absolute Gasteiger partial charge is 0.399 e. The van der Waals surface area contributed by atoms with E-state index in [2.05, 4.69) is 54.8 Å². The van der Waals surface area contributed by atoms with E-state index in [0.717, 1.165) is 33.2 Å². The van der Waals surface area contributed by atoms with E-state index in [9.17, 15) is 0 Å². The minimum Gasteiger partial charge on any atom is -0.399 e. The quantitative estimate of drug-likeness (QED) is 0.362. The molecular weight excluding hydrogens is 381 g/mol. The fourth-order valence-electron chi connectivity index (χ4n) is 3.09. The molecule has 0 aliphatic carbocycles. The van der Waals surface area contributed by atoms with Gasteiger partial charge in [-0.15, -0.1) is 0 Å². The molecule has 1 saturated heterocycles. The third-order valence-electron chi connectivity index (χ3n) is 5.51. The Morgan fingerprint density at radius 2 is 1.69 bits per heavy atom. The van der Waals surface area contributed by atoms with Gasteiger partial charge < -0.3 is 9.31 Å². The lowest BCUT2D eigenvalue weighted by Crippen LogP contribution is -2.41. The van der Waals surface area contributed by atoms with E-state index in [0.29, 0.717) is 0 Å². The van der Waals surface area contributed by atoms with Crippen LogP contribution in [0.2, 0.25) is 0 Å². The number of rotatable bonds is 5. The second-order valence-corrected chi connectivity index (χ2v) is 8.98. The molecule has 0 N–H and O–H groups in total. The zero-order valence-corrected chi connectivity index (χ0v) is 17.9. The van der Waals surface area contributed by atoms with Gasteiger partial charge in [0.15, 0.2) is 5.16 Å². The van der Waals surface area contributed by atoms with Crippen molar-refractivity contribution in [2.75, 3.05) is 0 Å². The molecule has 1 aliphatic rings. The van der Waals surface area contributed by atoms with Gasteiger partial charge in [-0.05, 0) is 56.9 Å². The fraction of sp³-hybridized carbons (Fsp3) is 0.318. The van der Waals surface area contributed by atoms with Gasteiger partial charge in [0.25, 0.3) is 0 Å². The SMILES string of the molecule is CC1(C)OB(c2ccccc2CSc2nccc(-c3cccnc3)n2)OC1(C)C. The van der Waals surface area contributed by atoms with Crippen LogP contribution in [0.25, 0.3) is 11.3 Å². The van der Waals surface area contributed by atoms with Gasteiger partial charge in [0.2, 0.25) is 0 Å². The third-order valence-corrected chi connectivity index (χ3v) is 6.42. The van der Waals surface area contributed by atoms with Gasteiger partial charge in [-0.1, -0.05) is 36.0 Å².